The van der Waals surface area contributed by atoms with Crippen LogP contribution in [0, 0.1) is 0 Å². The molecule has 0 aliphatic heterocycles. The number of para-hydroxylation sites is 2. The molecular weight excluding hydrogens is 775 g/mol. The highest BCUT2D eigenvalue weighted by Crippen LogP contribution is 2.50. The zero-order valence-corrected chi connectivity index (χ0v) is 35.5. The topological polar surface area (TPSA) is 30.7 Å². The third-order valence-electron chi connectivity index (χ3n) is 13.8. The fourth-order valence-corrected chi connectivity index (χ4v) is 10.8. The van der Waals surface area contributed by atoms with Gasteiger partial charge < -0.3 is 0 Å². The van der Waals surface area contributed by atoms with Gasteiger partial charge >= 0.3 is 0 Å². The zero-order chi connectivity index (χ0) is 42.5. The molecule has 0 atom stereocenters. The van der Waals surface area contributed by atoms with E-state index >= 15 is 0 Å². The molecule has 0 saturated heterocycles. The molecule has 2 aromatic heterocycles. The van der Waals surface area contributed by atoms with Crippen molar-refractivity contribution in [2.75, 3.05) is 0 Å². The van der Waals surface area contributed by atoms with Gasteiger partial charge in [-0.25, -0.2) is 9.97 Å². The summed E-state index contributed by atoms with van der Waals surface area (Å²) in [4.78, 5) is 11.0. The zero-order valence-electron chi connectivity index (χ0n) is 35.5. The van der Waals surface area contributed by atoms with Crippen molar-refractivity contribution in [2.45, 2.75) is 19.3 Å². The van der Waals surface area contributed by atoms with Gasteiger partial charge in [0.25, 0.3) is 0 Å². The van der Waals surface area contributed by atoms with Crippen LogP contribution in [0.15, 0.2) is 212 Å². The lowest BCUT2D eigenvalue weighted by Crippen LogP contribution is -2.14. The Morgan fingerprint density at radius 1 is 0.344 bits per heavy atom. The number of hydrogen-bond acceptors (Lipinski definition) is 2. The number of hydrogen-bond donors (Lipinski definition) is 0. The van der Waals surface area contributed by atoms with Crippen molar-refractivity contribution < 1.29 is 0 Å². The third kappa shape index (κ3) is 5.41. The molecule has 0 amide bonds. The number of benzene rings is 10. The van der Waals surface area contributed by atoms with Crippen molar-refractivity contribution in [3.8, 4) is 61.7 Å². The van der Waals surface area contributed by atoms with Gasteiger partial charge in [0, 0.05) is 38.1 Å². The molecule has 1 aliphatic rings. The second-order valence-electron chi connectivity index (χ2n) is 17.7. The van der Waals surface area contributed by atoms with E-state index < -0.39 is 0 Å². The normalized spacial score (nSPS) is 13.0. The maximum atomic E-state index is 5.53. The minimum Gasteiger partial charge on any atom is -0.277 e. The second kappa shape index (κ2) is 13.9. The van der Waals surface area contributed by atoms with Crippen LogP contribution < -0.4 is 0 Å². The standard InChI is InChI=1S/C61H41N3/c1-61(2)53-31-12-10-25-47(53)52-37-42(33-34-54(52)61)40-20-14-19-39(35-40)41-21-15-22-43(36-41)44-29-16-30-51-56-48-26-8-6-23-45(48)46-24-7-9-27-49(46)59(56)64(58(44)51)60-62-55-32-13-11-28-50(55)57(63-60)38-17-4-3-5-18-38/h3-37H,1-2H3. The van der Waals surface area contributed by atoms with E-state index in [4.69, 9.17) is 9.97 Å². The van der Waals surface area contributed by atoms with Gasteiger partial charge in [0.15, 0.2) is 0 Å². The summed E-state index contributed by atoms with van der Waals surface area (Å²) in [5, 5.41) is 8.22. The molecule has 0 fully saturated rings. The monoisotopic (exact) mass is 815 g/mol. The summed E-state index contributed by atoms with van der Waals surface area (Å²) < 4.78 is 2.36. The fourth-order valence-electron chi connectivity index (χ4n) is 10.8. The minimum atomic E-state index is -0.0217. The molecule has 0 spiro atoms. The average Bonchev–Trinajstić information content (AvgIpc) is 3.83. The van der Waals surface area contributed by atoms with Crippen LogP contribution in [-0.2, 0) is 5.41 Å². The second-order valence-corrected chi connectivity index (χ2v) is 17.7. The summed E-state index contributed by atoms with van der Waals surface area (Å²) in [5.41, 5.74) is 17.5. The predicted molar refractivity (Wildman–Crippen MR) is 268 cm³/mol. The van der Waals surface area contributed by atoms with Gasteiger partial charge in [-0.3, -0.25) is 4.57 Å². The van der Waals surface area contributed by atoms with E-state index in [0.717, 1.165) is 49.9 Å². The van der Waals surface area contributed by atoms with Crippen LogP contribution >= 0.6 is 0 Å². The Kier molecular flexibility index (Phi) is 7.95. The molecule has 3 nitrogen and oxygen atoms in total. The minimum absolute atomic E-state index is 0.0217. The molecule has 0 unspecified atom stereocenters. The lowest BCUT2D eigenvalue weighted by atomic mass is 9.82. The van der Waals surface area contributed by atoms with Gasteiger partial charge in [0.05, 0.1) is 22.2 Å². The highest BCUT2D eigenvalue weighted by molar-refractivity contribution is 6.33. The van der Waals surface area contributed by atoms with Crippen molar-refractivity contribution in [1.82, 2.24) is 14.5 Å². The van der Waals surface area contributed by atoms with Crippen LogP contribution in [0.25, 0.3) is 116 Å². The molecule has 0 bridgehead atoms. The molecule has 13 rings (SSSR count). The van der Waals surface area contributed by atoms with Crippen molar-refractivity contribution in [1.29, 1.82) is 0 Å². The van der Waals surface area contributed by atoms with E-state index in [0.29, 0.717) is 5.95 Å². The van der Waals surface area contributed by atoms with Crippen LogP contribution in [0.4, 0.5) is 0 Å². The van der Waals surface area contributed by atoms with Gasteiger partial charge in [0.2, 0.25) is 5.95 Å². The number of rotatable bonds is 5. The summed E-state index contributed by atoms with van der Waals surface area (Å²) in [5.74, 6) is 0.648. The van der Waals surface area contributed by atoms with Crippen molar-refractivity contribution in [2.24, 2.45) is 0 Å². The molecule has 12 aromatic rings. The fraction of sp³-hybridized carbons (Fsp3) is 0.0492. The van der Waals surface area contributed by atoms with Crippen molar-refractivity contribution >= 4 is 54.3 Å². The van der Waals surface area contributed by atoms with Gasteiger partial charge in [-0.2, -0.15) is 0 Å². The summed E-state index contributed by atoms with van der Waals surface area (Å²) in [6, 6.07) is 77.2. The van der Waals surface area contributed by atoms with E-state index in [1.165, 1.54) is 71.3 Å². The van der Waals surface area contributed by atoms with Gasteiger partial charge in [-0.1, -0.05) is 202 Å². The Morgan fingerprint density at radius 2 is 0.875 bits per heavy atom. The molecule has 300 valence electrons. The van der Waals surface area contributed by atoms with E-state index in [1.54, 1.807) is 0 Å². The van der Waals surface area contributed by atoms with E-state index in [2.05, 4.69) is 231 Å². The maximum Gasteiger partial charge on any atom is 0.235 e. The Hall–Kier alpha value is -8.14. The first-order chi connectivity index (χ1) is 31.5. The number of fused-ring (bicyclic) bond motifs is 12. The Balaban J connectivity index is 1.04. The first kappa shape index (κ1) is 36.5. The smallest absolute Gasteiger partial charge is 0.235 e. The van der Waals surface area contributed by atoms with Crippen molar-refractivity contribution in [3.63, 3.8) is 0 Å². The predicted octanol–water partition coefficient (Wildman–Crippen LogP) is 16.0. The molecule has 64 heavy (non-hydrogen) atoms. The van der Waals surface area contributed by atoms with Gasteiger partial charge in [-0.05, 0) is 90.5 Å². The molecule has 0 saturated carbocycles. The van der Waals surface area contributed by atoms with Crippen molar-refractivity contribution in [3.05, 3.63) is 223 Å². The van der Waals surface area contributed by atoms with E-state index in [1.807, 2.05) is 0 Å². The Labute approximate surface area is 371 Å². The SMILES string of the molecule is CC1(C)c2ccccc2-c2cc(-c3cccc(-c4cccc(-c5cccc6c7c8ccccc8c8ccccc8c7n(-c7nc(-c8ccccc8)c8ccccc8n7)c56)c4)c3)ccc21. The molecule has 2 heterocycles. The van der Waals surface area contributed by atoms with Crippen LogP contribution in [0.2, 0.25) is 0 Å². The Morgan fingerprint density at radius 3 is 1.66 bits per heavy atom. The van der Waals surface area contributed by atoms with Crippen LogP contribution in [0.3, 0.4) is 0 Å². The first-order valence-corrected chi connectivity index (χ1v) is 22.2. The highest BCUT2D eigenvalue weighted by atomic mass is 15.2. The summed E-state index contributed by atoms with van der Waals surface area (Å²) in [7, 11) is 0. The maximum absolute atomic E-state index is 5.53. The summed E-state index contributed by atoms with van der Waals surface area (Å²) in [6.45, 7) is 4.68. The quantitative estimate of drug-likeness (QED) is 0.162. The Bertz CT molecular complexity index is 3870. The van der Waals surface area contributed by atoms with Crippen LogP contribution in [-0.4, -0.2) is 14.5 Å². The van der Waals surface area contributed by atoms with Gasteiger partial charge in [0.1, 0.15) is 0 Å². The molecule has 0 N–H and O–H groups in total. The highest BCUT2D eigenvalue weighted by Gasteiger charge is 2.35. The largest absolute Gasteiger partial charge is 0.277 e. The third-order valence-corrected chi connectivity index (χ3v) is 13.8. The van der Waals surface area contributed by atoms with E-state index in [-0.39, 0.29) is 5.41 Å². The number of aromatic nitrogens is 3. The average molecular weight is 816 g/mol. The lowest BCUT2D eigenvalue weighted by Gasteiger charge is -2.21. The van der Waals surface area contributed by atoms with E-state index in [9.17, 15) is 0 Å². The molecule has 3 heteroatoms. The van der Waals surface area contributed by atoms with Gasteiger partial charge in [-0.15, -0.1) is 0 Å². The van der Waals surface area contributed by atoms with Crippen LogP contribution in [0.1, 0.15) is 25.0 Å². The molecular formula is C61H41N3. The molecule has 0 radical (unpaired) electrons. The lowest BCUT2D eigenvalue weighted by molar-refractivity contribution is 0.660. The van der Waals surface area contributed by atoms with Crippen LogP contribution in [0.5, 0.6) is 0 Å². The molecule has 10 aromatic carbocycles. The number of nitrogens with zero attached hydrogens (tertiary/aromatic N) is 3. The summed E-state index contributed by atoms with van der Waals surface area (Å²) >= 11 is 0. The molecule has 1 aliphatic carbocycles. The summed E-state index contributed by atoms with van der Waals surface area (Å²) in [6.07, 6.45) is 0. The first-order valence-electron chi connectivity index (χ1n) is 22.2.